The van der Waals surface area contributed by atoms with E-state index in [1.165, 1.54) is 12.8 Å². The molecule has 2 N–H and O–H groups in total. The molecule has 1 unspecified atom stereocenters. The zero-order valence-electron chi connectivity index (χ0n) is 10.9. The number of ketones is 1. The second kappa shape index (κ2) is 5.10. The molecule has 3 rings (SSSR count). The molecule has 19 heavy (non-hydrogen) atoms. The summed E-state index contributed by atoms with van der Waals surface area (Å²) in [6.45, 7) is 0. The van der Waals surface area contributed by atoms with Gasteiger partial charge in [0.1, 0.15) is 5.78 Å². The standard InChI is InChI=1S/C16H18N2O/c17-15(11-5-6-11)10-13(19)9-12-7-8-18-16-4-2-1-3-14(12)16/h1-4,7-8,11,15H,5-6,9-10,17H2. The third kappa shape index (κ3) is 2.82. The molecule has 1 aliphatic rings. The van der Waals surface area contributed by atoms with Crippen LogP contribution < -0.4 is 5.73 Å². The molecular weight excluding hydrogens is 236 g/mol. The summed E-state index contributed by atoms with van der Waals surface area (Å²) in [6, 6.07) is 9.92. The van der Waals surface area contributed by atoms with Crippen molar-refractivity contribution in [1.82, 2.24) is 4.98 Å². The van der Waals surface area contributed by atoms with Crippen molar-refractivity contribution in [2.45, 2.75) is 31.7 Å². The van der Waals surface area contributed by atoms with Crippen molar-refractivity contribution in [3.05, 3.63) is 42.1 Å². The van der Waals surface area contributed by atoms with Crippen LogP contribution in [0.25, 0.3) is 10.9 Å². The zero-order valence-corrected chi connectivity index (χ0v) is 10.9. The Morgan fingerprint density at radius 2 is 2.11 bits per heavy atom. The third-order valence-corrected chi connectivity index (χ3v) is 3.82. The maximum Gasteiger partial charge on any atom is 0.138 e. The Bertz CT molecular complexity index is 599. The van der Waals surface area contributed by atoms with Crippen LogP contribution in [0.3, 0.4) is 0 Å². The van der Waals surface area contributed by atoms with E-state index >= 15 is 0 Å². The van der Waals surface area contributed by atoms with Crippen molar-refractivity contribution in [1.29, 1.82) is 0 Å². The number of hydrogen-bond donors (Lipinski definition) is 1. The van der Waals surface area contributed by atoms with Gasteiger partial charge in [0.25, 0.3) is 0 Å². The number of rotatable bonds is 5. The molecule has 0 bridgehead atoms. The highest BCUT2D eigenvalue weighted by Gasteiger charge is 2.29. The minimum atomic E-state index is 0.0561. The number of nitrogens with two attached hydrogens (primary N) is 1. The Balaban J connectivity index is 1.75. The molecule has 0 amide bonds. The third-order valence-electron chi connectivity index (χ3n) is 3.82. The lowest BCUT2D eigenvalue weighted by Crippen LogP contribution is -2.26. The van der Waals surface area contributed by atoms with Crippen LogP contribution in [0.5, 0.6) is 0 Å². The smallest absolute Gasteiger partial charge is 0.138 e. The number of carbonyl (C=O) groups excluding carboxylic acids is 1. The van der Waals surface area contributed by atoms with Gasteiger partial charge >= 0.3 is 0 Å². The van der Waals surface area contributed by atoms with Crippen LogP contribution in [-0.4, -0.2) is 16.8 Å². The predicted molar refractivity (Wildman–Crippen MR) is 75.8 cm³/mol. The number of fused-ring (bicyclic) bond motifs is 1. The molecule has 3 heteroatoms. The molecule has 2 aromatic rings. The van der Waals surface area contributed by atoms with Crippen LogP contribution in [0.2, 0.25) is 0 Å². The second-order valence-electron chi connectivity index (χ2n) is 5.41. The minimum Gasteiger partial charge on any atom is -0.327 e. The van der Waals surface area contributed by atoms with Gasteiger partial charge in [-0.05, 0) is 36.5 Å². The summed E-state index contributed by atoms with van der Waals surface area (Å²) >= 11 is 0. The van der Waals surface area contributed by atoms with Crippen molar-refractivity contribution < 1.29 is 4.79 Å². The maximum atomic E-state index is 12.1. The minimum absolute atomic E-state index is 0.0561. The average Bonchev–Trinajstić information content (AvgIpc) is 3.23. The van der Waals surface area contributed by atoms with E-state index in [-0.39, 0.29) is 11.8 Å². The molecule has 1 aromatic carbocycles. The van der Waals surface area contributed by atoms with Gasteiger partial charge < -0.3 is 5.73 Å². The Kier molecular flexibility index (Phi) is 3.30. The van der Waals surface area contributed by atoms with Crippen molar-refractivity contribution >= 4 is 16.7 Å². The molecule has 3 nitrogen and oxygen atoms in total. The van der Waals surface area contributed by atoms with Gasteiger partial charge in [0.2, 0.25) is 0 Å². The predicted octanol–water partition coefficient (Wildman–Crippen LogP) is 2.47. The number of para-hydroxylation sites is 1. The number of hydrogen-bond acceptors (Lipinski definition) is 3. The Morgan fingerprint density at radius 1 is 1.32 bits per heavy atom. The molecule has 1 aliphatic carbocycles. The summed E-state index contributed by atoms with van der Waals surface area (Å²) < 4.78 is 0. The highest BCUT2D eigenvalue weighted by Crippen LogP contribution is 2.33. The lowest BCUT2D eigenvalue weighted by atomic mass is 9.99. The molecule has 1 fully saturated rings. The topological polar surface area (TPSA) is 56.0 Å². The van der Waals surface area contributed by atoms with E-state index in [1.807, 2.05) is 30.3 Å². The summed E-state index contributed by atoms with van der Waals surface area (Å²) in [7, 11) is 0. The van der Waals surface area contributed by atoms with Crippen molar-refractivity contribution in [3.8, 4) is 0 Å². The van der Waals surface area contributed by atoms with Crippen molar-refractivity contribution in [3.63, 3.8) is 0 Å². The summed E-state index contributed by atoms with van der Waals surface area (Å²) in [5.41, 5.74) is 8.01. The van der Waals surface area contributed by atoms with Crippen LogP contribution in [0, 0.1) is 5.92 Å². The molecule has 0 spiro atoms. The highest BCUT2D eigenvalue weighted by atomic mass is 16.1. The Labute approximate surface area is 112 Å². The largest absolute Gasteiger partial charge is 0.327 e. The summed E-state index contributed by atoms with van der Waals surface area (Å²) in [6.07, 6.45) is 5.11. The van der Waals surface area contributed by atoms with Crippen LogP contribution in [0.1, 0.15) is 24.8 Å². The monoisotopic (exact) mass is 254 g/mol. The van der Waals surface area contributed by atoms with E-state index in [4.69, 9.17) is 5.73 Å². The normalized spacial score (nSPS) is 16.5. The molecule has 0 saturated heterocycles. The quantitative estimate of drug-likeness (QED) is 0.891. The number of pyridine rings is 1. The van der Waals surface area contributed by atoms with Crippen molar-refractivity contribution in [2.75, 3.05) is 0 Å². The van der Waals surface area contributed by atoms with Crippen molar-refractivity contribution in [2.24, 2.45) is 11.7 Å². The van der Waals surface area contributed by atoms with Gasteiger partial charge in [0.05, 0.1) is 5.52 Å². The van der Waals surface area contributed by atoms with E-state index in [9.17, 15) is 4.79 Å². The molecular formula is C16H18N2O. The molecule has 98 valence electrons. The van der Waals surface area contributed by atoms with E-state index in [1.54, 1.807) is 6.20 Å². The highest BCUT2D eigenvalue weighted by molar-refractivity contribution is 5.89. The molecule has 1 aromatic heterocycles. The lowest BCUT2D eigenvalue weighted by molar-refractivity contribution is -0.118. The average molecular weight is 254 g/mol. The summed E-state index contributed by atoms with van der Waals surface area (Å²) in [4.78, 5) is 16.4. The van der Waals surface area contributed by atoms with Crippen LogP contribution in [0.15, 0.2) is 36.5 Å². The van der Waals surface area contributed by atoms with E-state index < -0.39 is 0 Å². The zero-order chi connectivity index (χ0) is 13.2. The molecule has 1 heterocycles. The molecule has 1 atom stereocenters. The van der Waals surface area contributed by atoms with Crippen LogP contribution in [0.4, 0.5) is 0 Å². The SMILES string of the molecule is NC(CC(=O)Cc1ccnc2ccccc12)C1CC1. The summed E-state index contributed by atoms with van der Waals surface area (Å²) in [5.74, 6) is 0.814. The van der Waals surface area contributed by atoms with Crippen LogP contribution in [-0.2, 0) is 11.2 Å². The molecule has 0 aliphatic heterocycles. The first-order chi connectivity index (χ1) is 9.24. The fourth-order valence-electron chi connectivity index (χ4n) is 2.55. The number of aromatic nitrogens is 1. The van der Waals surface area contributed by atoms with E-state index in [0.29, 0.717) is 18.8 Å². The fraction of sp³-hybridized carbons (Fsp3) is 0.375. The number of carbonyl (C=O) groups is 1. The first-order valence-corrected chi connectivity index (χ1v) is 6.84. The van der Waals surface area contributed by atoms with E-state index in [2.05, 4.69) is 4.98 Å². The van der Waals surface area contributed by atoms with Gasteiger partial charge in [0, 0.05) is 30.5 Å². The van der Waals surface area contributed by atoms with Gasteiger partial charge in [-0.1, -0.05) is 18.2 Å². The van der Waals surface area contributed by atoms with Gasteiger partial charge in [-0.2, -0.15) is 0 Å². The molecule has 0 radical (unpaired) electrons. The van der Waals surface area contributed by atoms with Gasteiger partial charge in [-0.3, -0.25) is 9.78 Å². The van der Waals surface area contributed by atoms with Gasteiger partial charge in [0.15, 0.2) is 0 Å². The molecule has 1 saturated carbocycles. The number of benzene rings is 1. The fourth-order valence-corrected chi connectivity index (χ4v) is 2.55. The number of nitrogens with zero attached hydrogens (tertiary/aromatic N) is 1. The van der Waals surface area contributed by atoms with Gasteiger partial charge in [-0.15, -0.1) is 0 Å². The van der Waals surface area contributed by atoms with E-state index in [0.717, 1.165) is 16.5 Å². The second-order valence-corrected chi connectivity index (χ2v) is 5.41. The maximum absolute atomic E-state index is 12.1. The first-order valence-electron chi connectivity index (χ1n) is 6.84. The number of Topliss-reactive ketones (excluding diaryl/α,β-unsaturated/α-hetero) is 1. The summed E-state index contributed by atoms with van der Waals surface area (Å²) in [5, 5.41) is 1.07. The Morgan fingerprint density at radius 3 is 2.89 bits per heavy atom. The lowest BCUT2D eigenvalue weighted by Gasteiger charge is -2.10. The van der Waals surface area contributed by atoms with Gasteiger partial charge in [-0.25, -0.2) is 0 Å². The first kappa shape index (κ1) is 12.3. The van der Waals surface area contributed by atoms with Crippen LogP contribution >= 0.6 is 0 Å². The Hall–Kier alpha value is -1.74.